The van der Waals surface area contributed by atoms with Gasteiger partial charge in [0.15, 0.2) is 11.5 Å². The molecule has 0 aromatic heterocycles. The van der Waals surface area contributed by atoms with Gasteiger partial charge in [-0.3, -0.25) is 0 Å². The third kappa shape index (κ3) is 5.08. The fourth-order valence-electron chi connectivity index (χ4n) is 2.33. The van der Waals surface area contributed by atoms with Crippen LogP contribution in [0.15, 0.2) is 24.3 Å². The predicted molar refractivity (Wildman–Crippen MR) is 83.4 cm³/mol. The van der Waals surface area contributed by atoms with Gasteiger partial charge in [0.05, 0.1) is 6.61 Å². The number of alkyl halides is 3. The topological polar surface area (TPSA) is 27.7 Å². The zero-order valence-corrected chi connectivity index (χ0v) is 13.6. The van der Waals surface area contributed by atoms with E-state index in [4.69, 9.17) is 9.47 Å². The van der Waals surface area contributed by atoms with Crippen molar-refractivity contribution in [3.05, 3.63) is 29.8 Å². The minimum Gasteiger partial charge on any atom is -0.489 e. The SMILES string of the molecule is Cc1c(OC/C=C/C2CC2)ccc(OCC2CC2)c1OC(F)(F)F. The summed E-state index contributed by atoms with van der Waals surface area (Å²) in [6.07, 6.45) is 3.73. The van der Waals surface area contributed by atoms with Crippen LogP contribution in [0.3, 0.4) is 0 Å². The number of benzene rings is 1. The highest BCUT2D eigenvalue weighted by molar-refractivity contribution is 5.53. The average molecular weight is 342 g/mol. The Morgan fingerprint density at radius 3 is 2.42 bits per heavy atom. The maximum atomic E-state index is 12.7. The van der Waals surface area contributed by atoms with Gasteiger partial charge in [0.1, 0.15) is 12.4 Å². The maximum absolute atomic E-state index is 12.7. The first-order valence-electron chi connectivity index (χ1n) is 8.24. The van der Waals surface area contributed by atoms with Gasteiger partial charge in [-0.2, -0.15) is 0 Å². The summed E-state index contributed by atoms with van der Waals surface area (Å²) in [5.74, 6) is 1.24. The number of rotatable bonds is 8. The Labute approximate surface area is 139 Å². The van der Waals surface area contributed by atoms with E-state index in [0.717, 1.165) is 12.8 Å². The lowest BCUT2D eigenvalue weighted by atomic mass is 10.2. The second kappa shape index (κ2) is 6.95. The molecule has 0 bridgehead atoms. The molecular weight excluding hydrogens is 321 g/mol. The molecule has 0 unspecified atom stereocenters. The lowest BCUT2D eigenvalue weighted by molar-refractivity contribution is -0.275. The van der Waals surface area contributed by atoms with Gasteiger partial charge in [-0.1, -0.05) is 12.2 Å². The van der Waals surface area contributed by atoms with Gasteiger partial charge in [-0.05, 0) is 56.6 Å². The monoisotopic (exact) mass is 342 g/mol. The molecule has 0 amide bonds. The molecule has 1 aromatic carbocycles. The van der Waals surface area contributed by atoms with Crippen LogP contribution in [0.1, 0.15) is 31.2 Å². The number of ether oxygens (including phenoxy) is 3. The van der Waals surface area contributed by atoms with E-state index in [1.54, 1.807) is 13.0 Å². The normalized spacial score (nSPS) is 18.0. The van der Waals surface area contributed by atoms with Gasteiger partial charge in [0, 0.05) is 5.56 Å². The van der Waals surface area contributed by atoms with Crippen LogP contribution in [0, 0.1) is 18.8 Å². The Morgan fingerprint density at radius 1 is 1.08 bits per heavy atom. The van der Waals surface area contributed by atoms with Crippen LogP contribution in [0.2, 0.25) is 0 Å². The highest BCUT2D eigenvalue weighted by Crippen LogP contribution is 2.41. The van der Waals surface area contributed by atoms with E-state index in [0.29, 0.717) is 36.4 Å². The van der Waals surface area contributed by atoms with Gasteiger partial charge in [0.25, 0.3) is 0 Å². The Balaban J connectivity index is 1.71. The van der Waals surface area contributed by atoms with Crippen molar-refractivity contribution in [2.24, 2.45) is 11.8 Å². The minimum absolute atomic E-state index is 0.109. The molecule has 2 aliphatic rings. The van der Waals surface area contributed by atoms with Crippen LogP contribution in [0.25, 0.3) is 0 Å². The van der Waals surface area contributed by atoms with Crippen molar-refractivity contribution in [1.29, 1.82) is 0 Å². The summed E-state index contributed by atoms with van der Waals surface area (Å²) in [7, 11) is 0. The van der Waals surface area contributed by atoms with Gasteiger partial charge in [-0.25, -0.2) is 0 Å². The highest BCUT2D eigenvalue weighted by atomic mass is 19.4. The van der Waals surface area contributed by atoms with Crippen molar-refractivity contribution in [1.82, 2.24) is 0 Å². The molecule has 6 heteroatoms. The van der Waals surface area contributed by atoms with Gasteiger partial charge in [0.2, 0.25) is 0 Å². The van der Waals surface area contributed by atoms with E-state index >= 15 is 0 Å². The van der Waals surface area contributed by atoms with Crippen molar-refractivity contribution in [2.45, 2.75) is 39.0 Å². The van der Waals surface area contributed by atoms with E-state index in [9.17, 15) is 13.2 Å². The standard InChI is InChI=1S/C18H21F3O3/c1-12-15(22-10-2-3-13-4-5-13)8-9-16(23-11-14-6-7-14)17(12)24-18(19,20)21/h2-3,8-9,13-14H,4-7,10-11H2,1H3/b3-2+. The molecule has 0 radical (unpaired) electrons. The summed E-state index contributed by atoms with van der Waals surface area (Å²) in [4.78, 5) is 0. The molecular formula is C18H21F3O3. The first-order valence-corrected chi connectivity index (χ1v) is 8.24. The smallest absolute Gasteiger partial charge is 0.489 e. The van der Waals surface area contributed by atoms with Crippen molar-refractivity contribution >= 4 is 0 Å². The third-order valence-electron chi connectivity index (χ3n) is 4.07. The van der Waals surface area contributed by atoms with E-state index < -0.39 is 6.36 Å². The lowest BCUT2D eigenvalue weighted by Crippen LogP contribution is -2.19. The molecule has 0 saturated heterocycles. The fourth-order valence-corrected chi connectivity index (χ4v) is 2.33. The summed E-state index contributed by atoms with van der Waals surface area (Å²) >= 11 is 0. The summed E-state index contributed by atoms with van der Waals surface area (Å²) < 4.78 is 53.4. The van der Waals surface area contributed by atoms with E-state index in [-0.39, 0.29) is 11.5 Å². The Morgan fingerprint density at radius 2 is 1.79 bits per heavy atom. The van der Waals surface area contributed by atoms with Crippen molar-refractivity contribution in [3.8, 4) is 17.2 Å². The molecule has 132 valence electrons. The number of halogens is 3. The molecule has 24 heavy (non-hydrogen) atoms. The van der Waals surface area contributed by atoms with Crippen LogP contribution in [0.5, 0.6) is 17.2 Å². The van der Waals surface area contributed by atoms with Crippen LogP contribution in [0.4, 0.5) is 13.2 Å². The maximum Gasteiger partial charge on any atom is 0.573 e. The lowest BCUT2D eigenvalue weighted by Gasteiger charge is -2.18. The summed E-state index contributed by atoms with van der Waals surface area (Å²) in [6.45, 7) is 2.29. The minimum atomic E-state index is -4.77. The molecule has 0 heterocycles. The fraction of sp³-hybridized carbons (Fsp3) is 0.556. The van der Waals surface area contributed by atoms with Crippen molar-refractivity contribution < 1.29 is 27.4 Å². The first-order chi connectivity index (χ1) is 11.4. The number of allylic oxidation sites excluding steroid dienone is 1. The molecule has 3 nitrogen and oxygen atoms in total. The summed E-state index contributed by atoms with van der Waals surface area (Å²) in [5.41, 5.74) is 0.292. The van der Waals surface area contributed by atoms with Crippen LogP contribution in [-0.4, -0.2) is 19.6 Å². The average Bonchev–Trinajstić information content (AvgIpc) is 3.39. The van der Waals surface area contributed by atoms with E-state index in [1.165, 1.54) is 18.9 Å². The molecule has 0 spiro atoms. The quantitative estimate of drug-likeness (QED) is 0.620. The molecule has 0 atom stereocenters. The number of hydrogen-bond acceptors (Lipinski definition) is 3. The van der Waals surface area contributed by atoms with E-state index in [2.05, 4.69) is 10.8 Å². The molecule has 2 saturated carbocycles. The highest BCUT2D eigenvalue weighted by Gasteiger charge is 2.34. The molecule has 2 aliphatic carbocycles. The van der Waals surface area contributed by atoms with Crippen molar-refractivity contribution in [2.75, 3.05) is 13.2 Å². The molecule has 0 aliphatic heterocycles. The first kappa shape index (κ1) is 17.0. The Bertz CT molecular complexity index is 602. The van der Waals surface area contributed by atoms with Crippen molar-refractivity contribution in [3.63, 3.8) is 0 Å². The second-order valence-corrected chi connectivity index (χ2v) is 6.39. The van der Waals surface area contributed by atoms with Crippen LogP contribution < -0.4 is 14.2 Å². The molecule has 3 rings (SSSR count). The van der Waals surface area contributed by atoms with Gasteiger partial charge >= 0.3 is 6.36 Å². The zero-order valence-electron chi connectivity index (χ0n) is 13.6. The van der Waals surface area contributed by atoms with Crippen LogP contribution >= 0.6 is 0 Å². The molecule has 2 fully saturated rings. The van der Waals surface area contributed by atoms with Gasteiger partial charge in [-0.15, -0.1) is 13.2 Å². The molecule has 1 aromatic rings. The van der Waals surface area contributed by atoms with E-state index in [1.807, 2.05) is 6.08 Å². The predicted octanol–water partition coefficient (Wildman–Crippen LogP) is 5.03. The summed E-state index contributed by atoms with van der Waals surface area (Å²) in [5, 5.41) is 0. The zero-order chi connectivity index (χ0) is 17.2. The molecule has 0 N–H and O–H groups in total. The van der Waals surface area contributed by atoms with Crippen LogP contribution in [-0.2, 0) is 0 Å². The second-order valence-electron chi connectivity index (χ2n) is 6.39. The van der Waals surface area contributed by atoms with Gasteiger partial charge < -0.3 is 14.2 Å². The number of hydrogen-bond donors (Lipinski definition) is 0. The Hall–Kier alpha value is -1.85. The summed E-state index contributed by atoms with van der Waals surface area (Å²) in [6, 6.07) is 3.11. The largest absolute Gasteiger partial charge is 0.573 e. The third-order valence-corrected chi connectivity index (χ3v) is 4.07. The Kier molecular flexibility index (Phi) is 4.92.